The van der Waals surface area contributed by atoms with Gasteiger partial charge in [-0.05, 0) is 74.5 Å². The van der Waals surface area contributed by atoms with Crippen molar-refractivity contribution < 1.29 is 19.1 Å². The van der Waals surface area contributed by atoms with E-state index in [1.54, 1.807) is 62.4 Å². The van der Waals surface area contributed by atoms with Gasteiger partial charge in [-0.2, -0.15) is 0 Å². The first-order valence-corrected chi connectivity index (χ1v) is 10.9. The number of esters is 2. The number of benzene rings is 3. The number of aromatic nitrogens is 2. The van der Waals surface area contributed by atoms with Gasteiger partial charge in [-0.25, -0.2) is 19.6 Å². The first-order valence-electron chi connectivity index (χ1n) is 10.9. The Hall–Kier alpha value is -4.46. The van der Waals surface area contributed by atoms with Crippen molar-refractivity contribution in [1.29, 1.82) is 0 Å². The lowest BCUT2D eigenvalue weighted by molar-refractivity contribution is 0.0517. The van der Waals surface area contributed by atoms with Crippen molar-refractivity contribution >= 4 is 34.3 Å². The summed E-state index contributed by atoms with van der Waals surface area (Å²) in [6, 6.07) is 21.4. The number of carbonyl (C=O) groups excluding carboxylic acids is 2. The highest BCUT2D eigenvalue weighted by Crippen LogP contribution is 2.14. The Morgan fingerprint density at radius 1 is 0.647 bits per heavy atom. The Balaban J connectivity index is 1.78. The Bertz CT molecular complexity index is 1340. The third kappa shape index (κ3) is 5.29. The molecule has 4 aromatic rings. The molecule has 34 heavy (non-hydrogen) atoms. The molecule has 0 aliphatic carbocycles. The van der Waals surface area contributed by atoms with E-state index in [1.165, 1.54) is 0 Å². The van der Waals surface area contributed by atoms with Crippen LogP contribution in [0.5, 0.6) is 0 Å². The fourth-order valence-electron chi connectivity index (χ4n) is 3.27. The minimum Gasteiger partial charge on any atom is -0.462 e. The SMILES string of the molecule is CCOC(=O)c1ccc(N=c2[nH]c3ccccc3[nH]c2=Nc2ccc(C(=O)OCC)cc2)cc1. The average Bonchev–Trinajstić information content (AvgIpc) is 2.85. The molecule has 0 saturated carbocycles. The molecule has 1 heterocycles. The predicted molar refractivity (Wildman–Crippen MR) is 128 cm³/mol. The molecule has 0 amide bonds. The van der Waals surface area contributed by atoms with Gasteiger partial charge in [0.2, 0.25) is 0 Å². The van der Waals surface area contributed by atoms with Crippen molar-refractivity contribution in [2.75, 3.05) is 13.2 Å². The number of hydrogen-bond donors (Lipinski definition) is 2. The van der Waals surface area contributed by atoms with Crippen LogP contribution >= 0.6 is 0 Å². The first kappa shape index (κ1) is 22.7. The number of rotatable bonds is 6. The van der Waals surface area contributed by atoms with E-state index in [-0.39, 0.29) is 11.9 Å². The molecule has 0 spiro atoms. The highest BCUT2D eigenvalue weighted by atomic mass is 16.5. The van der Waals surface area contributed by atoms with Gasteiger partial charge in [0.05, 0.1) is 46.7 Å². The molecule has 0 saturated heterocycles. The van der Waals surface area contributed by atoms with Crippen LogP contribution in [-0.4, -0.2) is 35.1 Å². The number of ether oxygens (including phenoxy) is 2. The zero-order valence-electron chi connectivity index (χ0n) is 18.9. The van der Waals surface area contributed by atoms with Gasteiger partial charge in [-0.1, -0.05) is 12.1 Å². The van der Waals surface area contributed by atoms with E-state index in [4.69, 9.17) is 19.5 Å². The lowest BCUT2D eigenvalue weighted by atomic mass is 10.2. The number of aromatic amines is 2. The molecule has 1 aromatic heterocycles. The lowest BCUT2D eigenvalue weighted by Crippen LogP contribution is -2.31. The van der Waals surface area contributed by atoms with Crippen LogP contribution < -0.4 is 11.0 Å². The molecule has 0 atom stereocenters. The monoisotopic (exact) mass is 456 g/mol. The van der Waals surface area contributed by atoms with E-state index < -0.39 is 0 Å². The smallest absolute Gasteiger partial charge is 0.338 e. The molecule has 0 aliphatic rings. The van der Waals surface area contributed by atoms with Crippen LogP contribution in [0.15, 0.2) is 82.8 Å². The number of hydrogen-bond acceptors (Lipinski definition) is 6. The Morgan fingerprint density at radius 3 is 1.38 bits per heavy atom. The second-order valence-electron chi connectivity index (χ2n) is 7.25. The van der Waals surface area contributed by atoms with Crippen molar-refractivity contribution in [3.63, 3.8) is 0 Å². The van der Waals surface area contributed by atoms with Gasteiger partial charge in [-0.3, -0.25) is 0 Å². The van der Waals surface area contributed by atoms with Gasteiger partial charge < -0.3 is 19.4 Å². The fourth-order valence-corrected chi connectivity index (χ4v) is 3.27. The Labute approximate surface area is 195 Å². The van der Waals surface area contributed by atoms with Crippen LogP contribution in [0.3, 0.4) is 0 Å². The molecule has 2 N–H and O–H groups in total. The van der Waals surface area contributed by atoms with Crippen LogP contribution in [0.25, 0.3) is 11.0 Å². The highest BCUT2D eigenvalue weighted by Gasteiger charge is 2.07. The Morgan fingerprint density at radius 2 is 1.03 bits per heavy atom. The molecule has 0 radical (unpaired) electrons. The first-order chi connectivity index (χ1) is 16.6. The van der Waals surface area contributed by atoms with Crippen molar-refractivity contribution in [1.82, 2.24) is 9.97 Å². The summed E-state index contributed by atoms with van der Waals surface area (Å²) in [4.78, 5) is 39.8. The van der Waals surface area contributed by atoms with Crippen LogP contribution in [0, 0.1) is 0 Å². The number of carbonyl (C=O) groups is 2. The molecule has 4 rings (SSSR count). The number of nitrogens with one attached hydrogen (secondary N) is 2. The fraction of sp³-hybridized carbons (Fsp3) is 0.154. The van der Waals surface area contributed by atoms with Crippen molar-refractivity contribution in [2.24, 2.45) is 9.98 Å². The summed E-state index contributed by atoms with van der Waals surface area (Å²) in [5.74, 6) is -0.747. The topological polar surface area (TPSA) is 109 Å². The van der Waals surface area contributed by atoms with Gasteiger partial charge in [0.15, 0.2) is 11.0 Å². The number of fused-ring (bicyclic) bond motifs is 1. The van der Waals surface area contributed by atoms with E-state index in [0.717, 1.165) is 11.0 Å². The van der Waals surface area contributed by atoms with Gasteiger partial charge in [0.1, 0.15) is 0 Å². The zero-order chi connectivity index (χ0) is 23.9. The minimum absolute atomic E-state index is 0.318. The van der Waals surface area contributed by atoms with Crippen LogP contribution in [0.2, 0.25) is 0 Å². The third-order valence-electron chi connectivity index (χ3n) is 4.90. The lowest BCUT2D eigenvalue weighted by Gasteiger charge is -2.03. The summed E-state index contributed by atoms with van der Waals surface area (Å²) in [6.45, 7) is 4.17. The maximum Gasteiger partial charge on any atom is 0.338 e. The molecular formula is C26H24N4O4. The normalized spacial score (nSPS) is 12.1. The molecular weight excluding hydrogens is 432 g/mol. The summed E-state index contributed by atoms with van der Waals surface area (Å²) < 4.78 is 10.1. The summed E-state index contributed by atoms with van der Waals surface area (Å²) >= 11 is 0. The summed E-state index contributed by atoms with van der Waals surface area (Å²) in [5.41, 5.74) is 4.95. The maximum absolute atomic E-state index is 11.9. The number of H-pyrrole nitrogens is 2. The van der Waals surface area contributed by atoms with Gasteiger partial charge in [-0.15, -0.1) is 0 Å². The standard InChI is InChI=1S/C26H24N4O4/c1-3-33-25(31)17-9-13-19(14-10-17)27-23-24(30-22-8-6-5-7-21(22)29-23)28-20-15-11-18(12-16-20)26(32)34-4-2/h5-16H,3-4H2,1-2H3,(H,27,29)(H,28,30). The molecule has 8 heteroatoms. The summed E-state index contributed by atoms with van der Waals surface area (Å²) in [7, 11) is 0. The van der Waals surface area contributed by atoms with E-state index in [0.29, 0.717) is 46.7 Å². The van der Waals surface area contributed by atoms with Gasteiger partial charge in [0, 0.05) is 0 Å². The zero-order valence-corrected chi connectivity index (χ0v) is 18.9. The van der Waals surface area contributed by atoms with Crippen molar-refractivity contribution in [3.05, 3.63) is 94.9 Å². The van der Waals surface area contributed by atoms with E-state index in [2.05, 4.69) is 9.97 Å². The maximum atomic E-state index is 11.9. The van der Waals surface area contributed by atoms with E-state index in [1.807, 2.05) is 24.3 Å². The van der Waals surface area contributed by atoms with E-state index >= 15 is 0 Å². The molecule has 8 nitrogen and oxygen atoms in total. The van der Waals surface area contributed by atoms with Crippen molar-refractivity contribution in [2.45, 2.75) is 13.8 Å². The predicted octanol–water partition coefficient (Wildman–Crippen LogP) is 4.31. The number of para-hydroxylation sites is 2. The summed E-state index contributed by atoms with van der Waals surface area (Å²) in [6.07, 6.45) is 0. The average molecular weight is 457 g/mol. The van der Waals surface area contributed by atoms with Crippen LogP contribution in [0.1, 0.15) is 34.6 Å². The molecule has 0 bridgehead atoms. The number of nitrogens with zero attached hydrogens (tertiary/aromatic N) is 2. The summed E-state index contributed by atoms with van der Waals surface area (Å²) in [5, 5.41) is 0. The van der Waals surface area contributed by atoms with Crippen molar-refractivity contribution in [3.8, 4) is 0 Å². The molecule has 172 valence electrons. The van der Waals surface area contributed by atoms with E-state index in [9.17, 15) is 9.59 Å². The molecule has 0 unspecified atom stereocenters. The second kappa shape index (κ2) is 10.4. The van der Waals surface area contributed by atoms with Crippen LogP contribution in [0.4, 0.5) is 11.4 Å². The second-order valence-corrected chi connectivity index (χ2v) is 7.25. The Kier molecular flexibility index (Phi) is 6.98. The van der Waals surface area contributed by atoms with Crippen LogP contribution in [-0.2, 0) is 9.47 Å². The molecule has 3 aromatic carbocycles. The van der Waals surface area contributed by atoms with Gasteiger partial charge in [0.25, 0.3) is 0 Å². The molecule has 0 fully saturated rings. The minimum atomic E-state index is -0.374. The van der Waals surface area contributed by atoms with Gasteiger partial charge >= 0.3 is 11.9 Å². The quantitative estimate of drug-likeness (QED) is 0.421. The third-order valence-corrected chi connectivity index (χ3v) is 4.90. The highest BCUT2D eigenvalue weighted by molar-refractivity contribution is 5.90. The molecule has 0 aliphatic heterocycles. The largest absolute Gasteiger partial charge is 0.462 e.